The lowest BCUT2D eigenvalue weighted by atomic mass is 9.59. The fraction of sp³-hybridized carbons (Fsp3) is 0.200. The molecule has 0 radical (unpaired) electrons. The van der Waals surface area contributed by atoms with Gasteiger partial charge in [-0.15, -0.1) is 0 Å². The molecule has 0 aromatic heterocycles. The van der Waals surface area contributed by atoms with Crippen molar-refractivity contribution in [2.45, 2.75) is 18.8 Å². The molecule has 8 rings (SSSR count). The molecule has 10 heteroatoms. The Kier molecular flexibility index (Phi) is 7.71. The maximum Gasteiger partial charge on any atom is 0.238 e. The van der Waals surface area contributed by atoms with Crippen LogP contribution >= 0.6 is 15.9 Å². The summed E-state index contributed by atoms with van der Waals surface area (Å²) in [6.07, 6.45) is 3.81. The monoisotopic (exact) mass is 726 g/mol. The molecule has 50 heavy (non-hydrogen) atoms. The first-order valence-electron chi connectivity index (χ1n) is 16.4. The number of ketones is 2. The van der Waals surface area contributed by atoms with Crippen molar-refractivity contribution >= 4 is 72.8 Å². The number of amides is 2. The normalized spacial score (nSPS) is 23.2. The van der Waals surface area contributed by atoms with Gasteiger partial charge in [-0.25, -0.2) is 0 Å². The third kappa shape index (κ3) is 5.05. The fourth-order valence-corrected chi connectivity index (χ4v) is 8.42. The van der Waals surface area contributed by atoms with Crippen molar-refractivity contribution < 1.29 is 24.3 Å². The summed E-state index contributed by atoms with van der Waals surface area (Å²) in [6, 6.07) is 25.3. The molecule has 1 aliphatic heterocycles. The number of fused-ring (bicyclic) bond motifs is 4. The first kappa shape index (κ1) is 31.8. The summed E-state index contributed by atoms with van der Waals surface area (Å²) < 4.78 is 0.175. The lowest BCUT2D eigenvalue weighted by Crippen LogP contribution is -2.39. The van der Waals surface area contributed by atoms with E-state index in [9.17, 15) is 24.3 Å². The maximum atomic E-state index is 14.4. The number of halogens is 1. The Morgan fingerprint density at radius 2 is 1.46 bits per heavy atom. The number of aromatic hydroxyl groups is 1. The molecule has 1 heterocycles. The highest BCUT2D eigenvalue weighted by molar-refractivity contribution is 9.12. The van der Waals surface area contributed by atoms with Gasteiger partial charge in [0.15, 0.2) is 11.6 Å². The lowest BCUT2D eigenvalue weighted by molar-refractivity contribution is -0.123. The maximum absolute atomic E-state index is 14.4. The van der Waals surface area contributed by atoms with Crippen molar-refractivity contribution in [3.8, 4) is 5.75 Å². The zero-order valence-electron chi connectivity index (χ0n) is 27.2. The van der Waals surface area contributed by atoms with E-state index in [1.54, 1.807) is 36.4 Å². The summed E-state index contributed by atoms with van der Waals surface area (Å²) in [5, 5.41) is 20.7. The molecule has 4 aromatic rings. The smallest absolute Gasteiger partial charge is 0.238 e. The summed E-state index contributed by atoms with van der Waals surface area (Å²) in [4.78, 5) is 58.9. The number of phenolic OH excluding ortho intramolecular Hbond substituents is 1. The van der Waals surface area contributed by atoms with Crippen molar-refractivity contribution in [1.29, 1.82) is 0 Å². The van der Waals surface area contributed by atoms with Gasteiger partial charge in [-0.3, -0.25) is 24.1 Å². The van der Waals surface area contributed by atoms with Crippen LogP contribution in [0.4, 0.5) is 22.7 Å². The molecule has 0 spiro atoms. The molecule has 0 unspecified atom stereocenters. The Morgan fingerprint density at radius 1 is 0.800 bits per heavy atom. The third-order valence-corrected chi connectivity index (χ3v) is 10.9. The minimum Gasteiger partial charge on any atom is -0.507 e. The first-order chi connectivity index (χ1) is 24.1. The Balaban J connectivity index is 1.14. The number of benzene rings is 4. The fourth-order valence-electron chi connectivity index (χ4n) is 7.98. The molecular formula is C40H31BrN4O5. The Morgan fingerprint density at radius 3 is 2.14 bits per heavy atom. The van der Waals surface area contributed by atoms with E-state index < -0.39 is 23.7 Å². The number of hydrogen-bond acceptors (Lipinski definition) is 8. The second-order valence-electron chi connectivity index (χ2n) is 13.3. The molecule has 1 saturated heterocycles. The molecule has 0 bridgehead atoms. The minimum absolute atomic E-state index is 0.107. The van der Waals surface area contributed by atoms with E-state index in [0.717, 1.165) is 22.2 Å². The number of allylic oxidation sites excluding steroid dienone is 6. The largest absolute Gasteiger partial charge is 0.507 e. The summed E-state index contributed by atoms with van der Waals surface area (Å²) >= 11 is 3.29. The van der Waals surface area contributed by atoms with Gasteiger partial charge in [-0.05, 0) is 100 Å². The van der Waals surface area contributed by atoms with E-state index in [4.69, 9.17) is 0 Å². The number of Topliss-reactive ketones (excluding diaryl/α,β-unsaturated/α-hetero) is 1. The number of imide groups is 1. The van der Waals surface area contributed by atoms with Gasteiger partial charge in [0.1, 0.15) is 5.75 Å². The summed E-state index contributed by atoms with van der Waals surface area (Å²) in [5.74, 6) is -3.48. The zero-order chi connectivity index (χ0) is 34.8. The van der Waals surface area contributed by atoms with Gasteiger partial charge in [0, 0.05) is 48.3 Å². The Bertz CT molecular complexity index is 2270. The summed E-state index contributed by atoms with van der Waals surface area (Å²) in [7, 11) is 3.93. The predicted molar refractivity (Wildman–Crippen MR) is 194 cm³/mol. The second kappa shape index (κ2) is 12.1. The SMILES string of the molecule is CN(C)c1ccc(N=Nc2ccc(N3C(=O)[C@H]4[C@H](CC=C5[C@H](c6ccc(O)c7ccccc67)C6=C(C[C@H]54)C(=O)C(Br)=CC6=O)C3=O)cc2)cc1. The van der Waals surface area contributed by atoms with E-state index >= 15 is 0 Å². The lowest BCUT2D eigenvalue weighted by Gasteiger charge is -2.42. The van der Waals surface area contributed by atoms with Crippen LogP contribution in [-0.4, -0.2) is 42.6 Å². The van der Waals surface area contributed by atoms with E-state index in [1.165, 1.54) is 11.0 Å². The molecular weight excluding hydrogens is 696 g/mol. The van der Waals surface area contributed by atoms with Crippen LogP contribution in [0.2, 0.25) is 0 Å². The van der Waals surface area contributed by atoms with E-state index in [0.29, 0.717) is 40.0 Å². The van der Waals surface area contributed by atoms with Gasteiger partial charge in [0.05, 0.1) is 33.4 Å². The van der Waals surface area contributed by atoms with Crippen molar-refractivity contribution in [1.82, 2.24) is 0 Å². The third-order valence-electron chi connectivity index (χ3n) is 10.3. The average Bonchev–Trinajstić information content (AvgIpc) is 3.38. The molecule has 4 aliphatic rings. The minimum atomic E-state index is -0.709. The van der Waals surface area contributed by atoms with Crippen molar-refractivity contribution in [3.63, 3.8) is 0 Å². The van der Waals surface area contributed by atoms with Gasteiger partial charge in [-0.2, -0.15) is 10.2 Å². The average molecular weight is 728 g/mol. The summed E-state index contributed by atoms with van der Waals surface area (Å²) in [6.45, 7) is 0. The van der Waals surface area contributed by atoms with Gasteiger partial charge in [0.2, 0.25) is 11.8 Å². The first-order valence-corrected chi connectivity index (χ1v) is 17.2. The molecule has 4 aromatic carbocycles. The summed E-state index contributed by atoms with van der Waals surface area (Å²) in [5.41, 5.74) is 5.13. The van der Waals surface area contributed by atoms with Gasteiger partial charge >= 0.3 is 0 Å². The number of anilines is 2. The van der Waals surface area contributed by atoms with Crippen LogP contribution in [0, 0.1) is 17.8 Å². The molecule has 1 N–H and O–H groups in total. The molecule has 3 aliphatic carbocycles. The van der Waals surface area contributed by atoms with E-state index in [-0.39, 0.29) is 40.0 Å². The number of phenols is 1. The number of rotatable bonds is 5. The van der Waals surface area contributed by atoms with E-state index in [2.05, 4.69) is 26.2 Å². The van der Waals surface area contributed by atoms with E-state index in [1.807, 2.05) is 73.6 Å². The highest BCUT2D eigenvalue weighted by Crippen LogP contribution is 2.56. The predicted octanol–water partition coefficient (Wildman–Crippen LogP) is 7.99. The van der Waals surface area contributed by atoms with Crippen molar-refractivity contribution in [3.05, 3.63) is 124 Å². The highest BCUT2D eigenvalue weighted by atomic mass is 79.9. The molecule has 2 amide bonds. The van der Waals surface area contributed by atoms with Crippen LogP contribution in [0.3, 0.4) is 0 Å². The quantitative estimate of drug-likeness (QED) is 0.0964. The Labute approximate surface area is 296 Å². The van der Waals surface area contributed by atoms with Crippen molar-refractivity contribution in [2.24, 2.45) is 28.0 Å². The standard InChI is InChI=1S/C40H31BrN4O5/c1-44(2)23-11-7-21(8-12-23)42-43-22-9-13-24(14-10-22)45-39(49)29-16-15-28-30(36(29)40(45)50)19-31-37(34(47)20-32(41)38(31)48)35(28)27-17-18-33(46)26-6-4-3-5-25(26)27/h3-15,17-18,20,29-30,35-36,46H,16,19H2,1-2H3/t29-,30+,35-,36-/m0/s1. The number of azo groups is 1. The molecule has 0 saturated carbocycles. The van der Waals surface area contributed by atoms with Crippen LogP contribution in [0.15, 0.2) is 129 Å². The Hall–Kier alpha value is -5.48. The van der Waals surface area contributed by atoms with Gasteiger partial charge in [-0.1, -0.05) is 42.0 Å². The number of nitrogens with zero attached hydrogens (tertiary/aromatic N) is 4. The van der Waals surface area contributed by atoms with Gasteiger partial charge in [0.25, 0.3) is 0 Å². The molecule has 4 atom stereocenters. The molecule has 248 valence electrons. The number of hydrogen-bond donors (Lipinski definition) is 1. The molecule has 1 fully saturated rings. The van der Waals surface area contributed by atoms with Crippen LogP contribution in [0.1, 0.15) is 24.3 Å². The van der Waals surface area contributed by atoms with Crippen LogP contribution in [0.5, 0.6) is 5.75 Å². The topological polar surface area (TPSA) is 120 Å². The molecule has 9 nitrogen and oxygen atoms in total. The zero-order valence-corrected chi connectivity index (χ0v) is 28.8. The highest BCUT2D eigenvalue weighted by Gasteiger charge is 2.56. The van der Waals surface area contributed by atoms with Crippen LogP contribution in [-0.2, 0) is 19.2 Å². The van der Waals surface area contributed by atoms with Crippen molar-refractivity contribution in [2.75, 3.05) is 23.9 Å². The number of carbonyl (C=O) groups is 4. The van der Waals surface area contributed by atoms with Crippen LogP contribution in [0.25, 0.3) is 10.8 Å². The number of carbonyl (C=O) groups excluding carboxylic acids is 4. The van der Waals surface area contributed by atoms with Crippen LogP contribution < -0.4 is 9.80 Å². The second-order valence-corrected chi connectivity index (χ2v) is 14.1. The van der Waals surface area contributed by atoms with Gasteiger partial charge < -0.3 is 10.0 Å².